The fraction of sp³-hybridized carbons (Fsp3) is 0.571. The highest BCUT2D eigenvalue weighted by Gasteiger charge is 2.34. The molecular formula is C14H20N2O4. The van der Waals surface area contributed by atoms with E-state index < -0.39 is 10.5 Å². The zero-order valence-corrected chi connectivity index (χ0v) is 11.8. The summed E-state index contributed by atoms with van der Waals surface area (Å²) in [5.41, 5.74) is 0.0269. The van der Waals surface area contributed by atoms with E-state index in [0.29, 0.717) is 12.2 Å². The number of nitro groups is 1. The Balaban J connectivity index is 2.11. The number of nitro benzene ring substituents is 1. The molecule has 0 unspecified atom stereocenters. The highest BCUT2D eigenvalue weighted by molar-refractivity contribution is 5.58. The largest absolute Gasteiger partial charge is 0.484 e. The molecule has 1 aromatic carbocycles. The van der Waals surface area contributed by atoms with Crippen LogP contribution in [0.5, 0.6) is 5.75 Å². The molecule has 0 saturated heterocycles. The average molecular weight is 280 g/mol. The van der Waals surface area contributed by atoms with Crippen LogP contribution in [-0.2, 0) is 0 Å². The summed E-state index contributed by atoms with van der Waals surface area (Å²) in [6.07, 6.45) is 2.49. The molecule has 1 aromatic rings. The van der Waals surface area contributed by atoms with Gasteiger partial charge in [0.25, 0.3) is 0 Å². The van der Waals surface area contributed by atoms with Crippen LogP contribution < -0.4 is 10.1 Å². The van der Waals surface area contributed by atoms with Crippen molar-refractivity contribution in [2.75, 3.05) is 11.9 Å². The van der Waals surface area contributed by atoms with Crippen molar-refractivity contribution in [3.05, 3.63) is 28.3 Å². The first-order valence-corrected chi connectivity index (χ1v) is 6.81. The number of anilines is 1. The lowest BCUT2D eigenvalue weighted by Crippen LogP contribution is -2.43. The van der Waals surface area contributed by atoms with Gasteiger partial charge in [-0.2, -0.15) is 0 Å². The molecule has 6 heteroatoms. The molecule has 0 aromatic heterocycles. The second kappa shape index (κ2) is 5.66. The van der Waals surface area contributed by atoms with Crippen molar-refractivity contribution in [3.8, 4) is 5.75 Å². The third-order valence-electron chi connectivity index (χ3n) is 3.43. The van der Waals surface area contributed by atoms with Crippen LogP contribution in [0.3, 0.4) is 0 Å². The molecule has 2 N–H and O–H groups in total. The van der Waals surface area contributed by atoms with Gasteiger partial charge in [-0.1, -0.05) is 0 Å². The van der Waals surface area contributed by atoms with E-state index in [1.807, 2.05) is 13.8 Å². The summed E-state index contributed by atoms with van der Waals surface area (Å²) >= 11 is 0. The monoisotopic (exact) mass is 280 g/mol. The highest BCUT2D eigenvalue weighted by Crippen LogP contribution is 2.34. The SMILES string of the molecule is CC(C)Oc1cc(NCC2(O)CCC2)ccc1[N+](=O)[O-]. The molecule has 0 heterocycles. The third-order valence-corrected chi connectivity index (χ3v) is 3.43. The van der Waals surface area contributed by atoms with Gasteiger partial charge < -0.3 is 15.2 Å². The van der Waals surface area contributed by atoms with Crippen molar-refractivity contribution in [3.63, 3.8) is 0 Å². The Morgan fingerprint density at radius 2 is 2.20 bits per heavy atom. The number of nitrogens with one attached hydrogen (secondary N) is 1. The number of aliphatic hydroxyl groups is 1. The molecule has 20 heavy (non-hydrogen) atoms. The van der Waals surface area contributed by atoms with Gasteiger partial charge in [0.2, 0.25) is 0 Å². The smallest absolute Gasteiger partial charge is 0.311 e. The van der Waals surface area contributed by atoms with E-state index in [4.69, 9.17) is 4.74 Å². The van der Waals surface area contributed by atoms with Gasteiger partial charge >= 0.3 is 5.69 Å². The quantitative estimate of drug-likeness (QED) is 0.618. The summed E-state index contributed by atoms with van der Waals surface area (Å²) in [7, 11) is 0. The molecule has 0 radical (unpaired) electrons. The van der Waals surface area contributed by atoms with E-state index in [1.54, 1.807) is 12.1 Å². The molecule has 0 bridgehead atoms. The molecule has 1 fully saturated rings. The van der Waals surface area contributed by atoms with Gasteiger partial charge in [-0.15, -0.1) is 0 Å². The van der Waals surface area contributed by atoms with Crippen molar-refractivity contribution >= 4 is 11.4 Å². The van der Waals surface area contributed by atoms with Gasteiger partial charge in [0.1, 0.15) is 0 Å². The minimum Gasteiger partial charge on any atom is -0.484 e. The first-order valence-electron chi connectivity index (χ1n) is 6.81. The number of benzene rings is 1. The Hall–Kier alpha value is -1.82. The van der Waals surface area contributed by atoms with E-state index in [1.165, 1.54) is 6.07 Å². The minimum atomic E-state index is -0.638. The van der Waals surface area contributed by atoms with Gasteiger partial charge in [-0.25, -0.2) is 0 Å². The summed E-state index contributed by atoms with van der Waals surface area (Å²) < 4.78 is 5.48. The number of rotatable bonds is 6. The van der Waals surface area contributed by atoms with Gasteiger partial charge in [-0.05, 0) is 39.2 Å². The Kier molecular flexibility index (Phi) is 4.13. The topological polar surface area (TPSA) is 84.6 Å². The summed E-state index contributed by atoms with van der Waals surface area (Å²) in [4.78, 5) is 10.5. The molecule has 0 atom stereocenters. The molecule has 1 aliphatic rings. The minimum absolute atomic E-state index is 0.0494. The van der Waals surface area contributed by atoms with Crippen LogP contribution in [0.4, 0.5) is 11.4 Å². The molecule has 0 spiro atoms. The molecule has 0 aliphatic heterocycles. The zero-order chi connectivity index (χ0) is 14.8. The van der Waals surface area contributed by atoms with Crippen LogP contribution in [0.25, 0.3) is 0 Å². The fourth-order valence-electron chi connectivity index (χ4n) is 2.15. The normalized spacial score (nSPS) is 16.6. The molecule has 2 rings (SSSR count). The van der Waals surface area contributed by atoms with Crippen molar-refractivity contribution < 1.29 is 14.8 Å². The van der Waals surface area contributed by atoms with E-state index >= 15 is 0 Å². The molecule has 1 aliphatic carbocycles. The molecule has 110 valence electrons. The van der Waals surface area contributed by atoms with Crippen molar-refractivity contribution in [1.82, 2.24) is 0 Å². The van der Waals surface area contributed by atoms with E-state index in [-0.39, 0.29) is 17.5 Å². The van der Waals surface area contributed by atoms with Gasteiger partial charge in [0.15, 0.2) is 5.75 Å². The van der Waals surface area contributed by atoms with Gasteiger partial charge in [0, 0.05) is 24.4 Å². The molecule has 0 amide bonds. The predicted octanol–water partition coefficient (Wildman–Crippen LogP) is 2.71. The maximum atomic E-state index is 11.0. The number of ether oxygens (including phenoxy) is 1. The predicted molar refractivity (Wildman–Crippen MR) is 76.2 cm³/mol. The maximum Gasteiger partial charge on any atom is 0.311 e. The second-order valence-electron chi connectivity index (χ2n) is 5.54. The summed E-state index contributed by atoms with van der Waals surface area (Å²) in [6, 6.07) is 4.67. The summed E-state index contributed by atoms with van der Waals surface area (Å²) in [6.45, 7) is 4.09. The maximum absolute atomic E-state index is 11.0. The lowest BCUT2D eigenvalue weighted by molar-refractivity contribution is -0.386. The lowest BCUT2D eigenvalue weighted by Gasteiger charge is -2.36. The van der Waals surface area contributed by atoms with Gasteiger partial charge in [0.05, 0.1) is 16.6 Å². The number of nitrogens with zero attached hydrogens (tertiary/aromatic N) is 1. The Labute approximate surface area is 117 Å². The van der Waals surface area contributed by atoms with E-state index in [2.05, 4.69) is 5.32 Å². The number of hydrogen-bond acceptors (Lipinski definition) is 5. The Bertz CT molecular complexity index is 498. The van der Waals surface area contributed by atoms with Gasteiger partial charge in [-0.3, -0.25) is 10.1 Å². The standard InChI is InChI=1S/C14H20N2O4/c1-10(2)20-13-8-11(4-5-12(13)16(18)19)15-9-14(17)6-3-7-14/h4-5,8,10,15,17H,3,6-7,9H2,1-2H3. The van der Waals surface area contributed by atoms with Crippen LogP contribution in [0.15, 0.2) is 18.2 Å². The van der Waals surface area contributed by atoms with Crippen LogP contribution >= 0.6 is 0 Å². The average Bonchev–Trinajstić information content (AvgIpc) is 2.33. The van der Waals surface area contributed by atoms with E-state index in [9.17, 15) is 15.2 Å². The Morgan fingerprint density at radius 3 is 2.70 bits per heavy atom. The zero-order valence-electron chi connectivity index (χ0n) is 11.8. The lowest BCUT2D eigenvalue weighted by atomic mass is 9.80. The van der Waals surface area contributed by atoms with Crippen molar-refractivity contribution in [1.29, 1.82) is 0 Å². The number of hydrogen-bond donors (Lipinski definition) is 2. The van der Waals surface area contributed by atoms with Crippen molar-refractivity contribution in [2.45, 2.75) is 44.8 Å². The first kappa shape index (κ1) is 14.6. The molecule has 1 saturated carbocycles. The van der Waals surface area contributed by atoms with Crippen LogP contribution in [-0.4, -0.2) is 28.3 Å². The fourth-order valence-corrected chi connectivity index (χ4v) is 2.15. The Morgan fingerprint density at radius 1 is 1.50 bits per heavy atom. The van der Waals surface area contributed by atoms with Crippen LogP contribution in [0.1, 0.15) is 33.1 Å². The van der Waals surface area contributed by atoms with Crippen LogP contribution in [0, 0.1) is 10.1 Å². The van der Waals surface area contributed by atoms with Crippen molar-refractivity contribution in [2.24, 2.45) is 0 Å². The second-order valence-corrected chi connectivity index (χ2v) is 5.54. The third kappa shape index (κ3) is 3.39. The summed E-state index contributed by atoms with van der Waals surface area (Å²) in [5.74, 6) is 0.246. The van der Waals surface area contributed by atoms with E-state index in [0.717, 1.165) is 19.3 Å². The molecular weight excluding hydrogens is 260 g/mol. The highest BCUT2D eigenvalue weighted by atomic mass is 16.6. The van der Waals surface area contributed by atoms with Crippen LogP contribution in [0.2, 0.25) is 0 Å². The molecule has 6 nitrogen and oxygen atoms in total. The first-order chi connectivity index (χ1) is 9.39. The summed E-state index contributed by atoms with van der Waals surface area (Å²) in [5, 5.41) is 24.1.